The van der Waals surface area contributed by atoms with Gasteiger partial charge in [0.15, 0.2) is 0 Å². The third-order valence-electron chi connectivity index (χ3n) is 2.74. The lowest BCUT2D eigenvalue weighted by molar-refractivity contribution is 0.577. The van der Waals surface area contributed by atoms with Crippen molar-refractivity contribution in [2.45, 2.75) is 33.2 Å². The molecule has 0 aliphatic carbocycles. The molecule has 0 fully saturated rings. The Bertz CT molecular complexity index is 473. The van der Waals surface area contributed by atoms with Gasteiger partial charge in [0.1, 0.15) is 5.01 Å². The zero-order chi connectivity index (χ0) is 12.3. The van der Waals surface area contributed by atoms with E-state index >= 15 is 0 Å². The highest BCUT2D eigenvalue weighted by Crippen LogP contribution is 2.32. The number of nitrogens with zero attached hydrogens (tertiary/aromatic N) is 1. The van der Waals surface area contributed by atoms with E-state index in [0.717, 1.165) is 11.6 Å². The summed E-state index contributed by atoms with van der Waals surface area (Å²) in [7, 11) is 0. The van der Waals surface area contributed by atoms with Crippen molar-refractivity contribution in [3.8, 4) is 10.6 Å². The number of nitrogens with one attached hydrogen (secondary N) is 1. The molecule has 0 aromatic carbocycles. The topological polar surface area (TPSA) is 24.9 Å². The first kappa shape index (κ1) is 12.7. The zero-order valence-corrected chi connectivity index (χ0v) is 12.1. The quantitative estimate of drug-likeness (QED) is 0.875. The molecule has 0 saturated heterocycles. The van der Waals surface area contributed by atoms with E-state index in [4.69, 9.17) is 0 Å². The summed E-state index contributed by atoms with van der Waals surface area (Å²) in [6, 6.07) is 0.403. The maximum atomic E-state index is 4.53. The third kappa shape index (κ3) is 2.94. The molecule has 0 aliphatic heterocycles. The summed E-state index contributed by atoms with van der Waals surface area (Å²) in [6.07, 6.45) is 3.17. The van der Waals surface area contributed by atoms with Gasteiger partial charge in [-0.15, -0.1) is 11.3 Å². The number of aryl methyl sites for hydroxylation is 1. The van der Waals surface area contributed by atoms with Gasteiger partial charge in [-0.2, -0.15) is 11.3 Å². The molecule has 0 aliphatic rings. The first-order chi connectivity index (χ1) is 8.22. The number of thiophene rings is 1. The van der Waals surface area contributed by atoms with Crippen molar-refractivity contribution in [1.29, 1.82) is 0 Å². The van der Waals surface area contributed by atoms with Crippen molar-refractivity contribution in [2.75, 3.05) is 6.54 Å². The number of aromatic nitrogens is 1. The Labute approximate surface area is 111 Å². The molecule has 0 saturated carbocycles. The van der Waals surface area contributed by atoms with Gasteiger partial charge in [0.05, 0.1) is 0 Å². The highest BCUT2D eigenvalue weighted by molar-refractivity contribution is 7.15. The van der Waals surface area contributed by atoms with Crippen LogP contribution in [0.5, 0.6) is 0 Å². The second-order valence-corrected chi connectivity index (χ2v) is 6.02. The Morgan fingerprint density at radius 1 is 1.41 bits per heavy atom. The minimum Gasteiger partial charge on any atom is -0.309 e. The highest BCUT2D eigenvalue weighted by Gasteiger charge is 2.11. The summed E-state index contributed by atoms with van der Waals surface area (Å²) < 4.78 is 0. The molecule has 2 aromatic rings. The van der Waals surface area contributed by atoms with Crippen LogP contribution in [0.2, 0.25) is 0 Å². The maximum absolute atomic E-state index is 4.53. The van der Waals surface area contributed by atoms with Gasteiger partial charge < -0.3 is 5.32 Å². The lowest BCUT2D eigenvalue weighted by Crippen LogP contribution is -2.18. The zero-order valence-electron chi connectivity index (χ0n) is 10.5. The molecule has 1 unspecified atom stereocenters. The van der Waals surface area contributed by atoms with Gasteiger partial charge in [-0.25, -0.2) is 4.98 Å². The summed E-state index contributed by atoms with van der Waals surface area (Å²) in [4.78, 5) is 5.85. The number of rotatable bonds is 5. The first-order valence-corrected chi connectivity index (χ1v) is 7.70. The standard InChI is InChI=1S/C13H18N2S2/c1-4-5-14-10(3)12-6-15-13(17-12)11-8-16-7-9(11)2/h6-8,10,14H,4-5H2,1-3H3. The third-order valence-corrected chi connectivity index (χ3v) is 4.81. The van der Waals surface area contributed by atoms with Crippen molar-refractivity contribution in [1.82, 2.24) is 10.3 Å². The van der Waals surface area contributed by atoms with Gasteiger partial charge in [-0.1, -0.05) is 6.92 Å². The van der Waals surface area contributed by atoms with Crippen molar-refractivity contribution in [3.63, 3.8) is 0 Å². The van der Waals surface area contributed by atoms with Crippen molar-refractivity contribution >= 4 is 22.7 Å². The molecule has 0 radical (unpaired) electrons. The lowest BCUT2D eigenvalue weighted by atomic mass is 10.2. The molecule has 2 aromatic heterocycles. The van der Waals surface area contributed by atoms with E-state index in [0.29, 0.717) is 6.04 Å². The first-order valence-electron chi connectivity index (χ1n) is 5.94. The van der Waals surface area contributed by atoms with E-state index in [2.05, 4.69) is 41.8 Å². The maximum Gasteiger partial charge on any atom is 0.124 e. The van der Waals surface area contributed by atoms with E-state index in [-0.39, 0.29) is 0 Å². The number of hydrogen-bond donors (Lipinski definition) is 1. The largest absolute Gasteiger partial charge is 0.309 e. The van der Waals surface area contributed by atoms with Crippen LogP contribution in [-0.2, 0) is 0 Å². The summed E-state index contributed by atoms with van der Waals surface area (Å²) in [6.45, 7) is 7.59. The van der Waals surface area contributed by atoms with Crippen LogP contribution in [0.15, 0.2) is 17.0 Å². The molecule has 2 heterocycles. The van der Waals surface area contributed by atoms with Crippen LogP contribution >= 0.6 is 22.7 Å². The van der Waals surface area contributed by atoms with Crippen LogP contribution < -0.4 is 5.32 Å². The fourth-order valence-electron chi connectivity index (χ4n) is 1.65. The van der Waals surface area contributed by atoms with E-state index in [1.807, 2.05) is 6.20 Å². The normalized spacial score (nSPS) is 12.9. The second-order valence-electron chi connectivity index (χ2n) is 4.21. The van der Waals surface area contributed by atoms with Crippen molar-refractivity contribution in [2.24, 2.45) is 0 Å². The average Bonchev–Trinajstić information content (AvgIpc) is 2.93. The number of hydrogen-bond acceptors (Lipinski definition) is 4. The van der Waals surface area contributed by atoms with Gasteiger partial charge in [-0.3, -0.25) is 0 Å². The molecular weight excluding hydrogens is 248 g/mol. The summed E-state index contributed by atoms with van der Waals surface area (Å²) >= 11 is 3.54. The van der Waals surface area contributed by atoms with Crippen molar-refractivity contribution in [3.05, 3.63) is 27.4 Å². The Hall–Kier alpha value is -0.710. The molecule has 17 heavy (non-hydrogen) atoms. The Morgan fingerprint density at radius 2 is 2.24 bits per heavy atom. The van der Waals surface area contributed by atoms with Crippen LogP contribution in [-0.4, -0.2) is 11.5 Å². The Kier molecular flexibility index (Phi) is 4.31. The van der Waals surface area contributed by atoms with Gasteiger partial charge in [-0.05, 0) is 37.8 Å². The van der Waals surface area contributed by atoms with Gasteiger partial charge in [0.25, 0.3) is 0 Å². The molecule has 0 amide bonds. The van der Waals surface area contributed by atoms with Crippen LogP contribution in [0.25, 0.3) is 10.6 Å². The van der Waals surface area contributed by atoms with Crippen LogP contribution in [0.4, 0.5) is 0 Å². The summed E-state index contributed by atoms with van der Waals surface area (Å²) in [5.74, 6) is 0. The molecule has 1 N–H and O–H groups in total. The van der Waals surface area contributed by atoms with Crippen LogP contribution in [0, 0.1) is 6.92 Å². The van der Waals surface area contributed by atoms with E-state index in [9.17, 15) is 0 Å². The van der Waals surface area contributed by atoms with Gasteiger partial charge in [0.2, 0.25) is 0 Å². The minimum atomic E-state index is 0.403. The van der Waals surface area contributed by atoms with Gasteiger partial charge in [0, 0.05) is 28.1 Å². The molecule has 4 heteroatoms. The molecule has 2 rings (SSSR count). The highest BCUT2D eigenvalue weighted by atomic mass is 32.1. The molecule has 1 atom stereocenters. The molecule has 0 spiro atoms. The summed E-state index contributed by atoms with van der Waals surface area (Å²) in [5.41, 5.74) is 2.61. The second kappa shape index (κ2) is 5.76. The molecular formula is C13H18N2S2. The smallest absolute Gasteiger partial charge is 0.124 e. The minimum absolute atomic E-state index is 0.403. The van der Waals surface area contributed by atoms with Crippen molar-refractivity contribution < 1.29 is 0 Å². The van der Waals surface area contributed by atoms with Crippen LogP contribution in [0.1, 0.15) is 36.8 Å². The fraction of sp³-hybridized carbons (Fsp3) is 0.462. The lowest BCUT2D eigenvalue weighted by Gasteiger charge is -2.09. The SMILES string of the molecule is CCCNC(C)c1cnc(-c2cscc2C)s1. The van der Waals surface area contributed by atoms with E-state index in [1.54, 1.807) is 22.7 Å². The predicted molar refractivity (Wildman–Crippen MR) is 76.9 cm³/mol. The molecule has 0 bridgehead atoms. The molecule has 92 valence electrons. The van der Waals surface area contributed by atoms with E-state index < -0.39 is 0 Å². The van der Waals surface area contributed by atoms with Gasteiger partial charge >= 0.3 is 0 Å². The monoisotopic (exact) mass is 266 g/mol. The number of thiazole rings is 1. The molecule has 2 nitrogen and oxygen atoms in total. The fourth-order valence-corrected chi connectivity index (χ4v) is 3.58. The van der Waals surface area contributed by atoms with E-state index in [1.165, 1.54) is 22.4 Å². The predicted octanol–water partition coefficient (Wildman–Crippen LogP) is 4.24. The van der Waals surface area contributed by atoms with Crippen LogP contribution in [0.3, 0.4) is 0 Å². The Balaban J connectivity index is 2.13. The average molecular weight is 266 g/mol. The Morgan fingerprint density at radius 3 is 2.88 bits per heavy atom. The summed E-state index contributed by atoms with van der Waals surface area (Å²) in [5, 5.41) is 9.00.